The Hall–Kier alpha value is -2.73. The number of nitrogens with one attached hydrogen (secondary N) is 1. The standard InChI is InChI=1S/C18H19N3O3/c1-23-14-9-13-16-12(17(14)24-2)8-15(22)21(18(16)20-10-19-13)11-6-4-3-5-7-11/h3-7,9-10,15,18,22H,8H2,1-2H3,(H,19,20). The molecule has 4 rings (SSSR count). The van der Waals surface area contributed by atoms with Crippen LogP contribution in [0.4, 0.5) is 11.4 Å². The van der Waals surface area contributed by atoms with Crippen molar-refractivity contribution in [2.75, 3.05) is 24.4 Å². The van der Waals surface area contributed by atoms with Crippen LogP contribution in [0.15, 0.2) is 41.4 Å². The monoisotopic (exact) mass is 325 g/mol. The van der Waals surface area contributed by atoms with E-state index in [1.807, 2.05) is 41.3 Å². The summed E-state index contributed by atoms with van der Waals surface area (Å²) < 4.78 is 11.0. The minimum atomic E-state index is -0.700. The number of hydrogen-bond acceptors (Lipinski definition) is 6. The van der Waals surface area contributed by atoms with Crippen molar-refractivity contribution in [1.29, 1.82) is 0 Å². The Morgan fingerprint density at radius 2 is 2.00 bits per heavy atom. The number of hydrogen-bond donors (Lipinski definition) is 2. The highest BCUT2D eigenvalue weighted by Gasteiger charge is 2.39. The van der Waals surface area contributed by atoms with Crippen LogP contribution >= 0.6 is 0 Å². The van der Waals surface area contributed by atoms with Gasteiger partial charge in [-0.1, -0.05) is 18.2 Å². The average Bonchev–Trinajstić information content (AvgIpc) is 2.62. The predicted molar refractivity (Wildman–Crippen MR) is 93.0 cm³/mol. The number of methoxy groups -OCH3 is 2. The summed E-state index contributed by atoms with van der Waals surface area (Å²) in [5, 5.41) is 14.0. The van der Waals surface area contributed by atoms with Crippen LogP contribution in [0.5, 0.6) is 11.5 Å². The fraction of sp³-hybridized carbons (Fsp3) is 0.278. The van der Waals surface area contributed by atoms with E-state index in [-0.39, 0.29) is 6.17 Å². The second-order valence-corrected chi connectivity index (χ2v) is 5.78. The normalized spacial score (nSPS) is 21.0. The largest absolute Gasteiger partial charge is 0.493 e. The van der Waals surface area contributed by atoms with Crippen molar-refractivity contribution in [2.24, 2.45) is 4.99 Å². The van der Waals surface area contributed by atoms with Crippen molar-refractivity contribution in [3.63, 3.8) is 0 Å². The Bertz CT molecular complexity index is 792. The number of para-hydroxylation sites is 1. The maximum atomic E-state index is 10.8. The Labute approximate surface area is 140 Å². The van der Waals surface area contributed by atoms with Gasteiger partial charge < -0.3 is 24.8 Å². The van der Waals surface area contributed by atoms with E-state index in [2.05, 4.69) is 10.3 Å². The van der Waals surface area contributed by atoms with Gasteiger partial charge in [0.15, 0.2) is 17.7 Å². The van der Waals surface area contributed by atoms with Gasteiger partial charge in [0.25, 0.3) is 0 Å². The summed E-state index contributed by atoms with van der Waals surface area (Å²) in [5.74, 6) is 1.31. The second-order valence-electron chi connectivity index (χ2n) is 5.78. The molecule has 0 fully saturated rings. The van der Waals surface area contributed by atoms with E-state index in [0.29, 0.717) is 17.9 Å². The number of rotatable bonds is 3. The second kappa shape index (κ2) is 5.72. The maximum absolute atomic E-state index is 10.8. The van der Waals surface area contributed by atoms with Gasteiger partial charge in [-0.05, 0) is 12.1 Å². The van der Waals surface area contributed by atoms with E-state index in [0.717, 1.165) is 22.5 Å². The molecule has 0 saturated heterocycles. The van der Waals surface area contributed by atoms with E-state index in [9.17, 15) is 5.11 Å². The highest BCUT2D eigenvalue weighted by molar-refractivity contribution is 5.84. The molecule has 0 aliphatic carbocycles. The van der Waals surface area contributed by atoms with Gasteiger partial charge in [-0.15, -0.1) is 0 Å². The summed E-state index contributed by atoms with van der Waals surface area (Å²) in [6.07, 6.45) is 1.10. The first-order chi connectivity index (χ1) is 11.7. The zero-order chi connectivity index (χ0) is 16.7. The first-order valence-electron chi connectivity index (χ1n) is 7.82. The number of aliphatic hydroxyl groups excluding tert-OH is 1. The van der Waals surface area contributed by atoms with Crippen molar-refractivity contribution >= 4 is 17.7 Å². The highest BCUT2D eigenvalue weighted by atomic mass is 16.5. The third-order valence-electron chi connectivity index (χ3n) is 4.53. The number of aliphatic imine (C=N–C) groups is 1. The Morgan fingerprint density at radius 3 is 2.71 bits per heavy atom. The summed E-state index contributed by atoms with van der Waals surface area (Å²) in [6.45, 7) is 0. The van der Waals surface area contributed by atoms with Crippen molar-refractivity contribution in [3.8, 4) is 11.5 Å². The van der Waals surface area contributed by atoms with Gasteiger partial charge in [-0.25, -0.2) is 4.99 Å². The number of anilines is 2. The summed E-state index contributed by atoms with van der Waals surface area (Å²) >= 11 is 0. The third kappa shape index (κ3) is 2.11. The van der Waals surface area contributed by atoms with Crippen LogP contribution in [0.2, 0.25) is 0 Å². The molecule has 6 nitrogen and oxygen atoms in total. The molecule has 2 aliphatic heterocycles. The summed E-state index contributed by atoms with van der Waals surface area (Å²) in [4.78, 5) is 6.50. The fourth-order valence-electron chi connectivity index (χ4n) is 3.52. The van der Waals surface area contributed by atoms with Crippen LogP contribution in [0.25, 0.3) is 0 Å². The molecule has 0 saturated carbocycles. The molecule has 24 heavy (non-hydrogen) atoms. The van der Waals surface area contributed by atoms with Crippen molar-refractivity contribution < 1.29 is 14.6 Å². The average molecular weight is 325 g/mol. The first-order valence-corrected chi connectivity index (χ1v) is 7.82. The van der Waals surface area contributed by atoms with Crippen molar-refractivity contribution in [3.05, 3.63) is 47.5 Å². The molecule has 0 aromatic heterocycles. The van der Waals surface area contributed by atoms with E-state index in [1.54, 1.807) is 20.6 Å². The Kier molecular flexibility index (Phi) is 3.54. The van der Waals surface area contributed by atoms with Gasteiger partial charge in [0.1, 0.15) is 6.23 Å². The smallest absolute Gasteiger partial charge is 0.164 e. The van der Waals surface area contributed by atoms with E-state index < -0.39 is 6.23 Å². The molecule has 2 unspecified atom stereocenters. The molecule has 2 N–H and O–H groups in total. The summed E-state index contributed by atoms with van der Waals surface area (Å²) in [5.41, 5.74) is 3.81. The first kappa shape index (κ1) is 14.8. The highest BCUT2D eigenvalue weighted by Crippen LogP contribution is 2.48. The maximum Gasteiger partial charge on any atom is 0.164 e. The van der Waals surface area contributed by atoms with Crippen LogP contribution in [0.3, 0.4) is 0 Å². The Morgan fingerprint density at radius 1 is 1.21 bits per heavy atom. The minimum absolute atomic E-state index is 0.304. The fourth-order valence-corrected chi connectivity index (χ4v) is 3.52. The molecule has 6 heteroatoms. The number of ether oxygens (including phenoxy) is 2. The molecule has 2 heterocycles. The lowest BCUT2D eigenvalue weighted by Crippen LogP contribution is -2.44. The number of nitrogens with zero attached hydrogens (tertiary/aromatic N) is 2. The van der Waals surface area contributed by atoms with E-state index in [1.165, 1.54) is 0 Å². The lowest BCUT2D eigenvalue weighted by atomic mass is 9.91. The number of aliphatic hydroxyl groups is 1. The van der Waals surface area contributed by atoms with E-state index in [4.69, 9.17) is 9.47 Å². The lowest BCUT2D eigenvalue weighted by molar-refractivity contribution is 0.148. The molecule has 0 radical (unpaired) electrons. The molecule has 2 aliphatic rings. The summed E-state index contributed by atoms with van der Waals surface area (Å²) in [7, 11) is 3.23. The molecule has 124 valence electrons. The molecule has 2 aromatic rings. The van der Waals surface area contributed by atoms with Crippen LogP contribution in [0, 0.1) is 0 Å². The lowest BCUT2D eigenvalue weighted by Gasteiger charge is -2.42. The Balaban J connectivity index is 1.91. The SMILES string of the molecule is COc1cc2c3c(c1OC)CC(O)N(c1ccccc1)C3N=CN2. The zero-order valence-electron chi connectivity index (χ0n) is 13.6. The van der Waals surface area contributed by atoms with Crippen molar-refractivity contribution in [1.82, 2.24) is 0 Å². The molecular weight excluding hydrogens is 306 g/mol. The van der Waals surface area contributed by atoms with Crippen LogP contribution in [-0.2, 0) is 6.42 Å². The molecule has 0 amide bonds. The minimum Gasteiger partial charge on any atom is -0.493 e. The third-order valence-corrected chi connectivity index (χ3v) is 4.53. The van der Waals surface area contributed by atoms with Crippen LogP contribution in [-0.4, -0.2) is 31.9 Å². The molecule has 0 spiro atoms. The molecule has 2 atom stereocenters. The van der Waals surface area contributed by atoms with Gasteiger partial charge >= 0.3 is 0 Å². The van der Waals surface area contributed by atoms with Crippen molar-refractivity contribution in [2.45, 2.75) is 18.8 Å². The summed E-state index contributed by atoms with van der Waals surface area (Å²) in [6, 6.07) is 11.7. The van der Waals surface area contributed by atoms with Gasteiger partial charge in [0, 0.05) is 29.3 Å². The van der Waals surface area contributed by atoms with Gasteiger partial charge in [-0.2, -0.15) is 0 Å². The predicted octanol–water partition coefficient (Wildman–Crippen LogP) is 2.54. The zero-order valence-corrected chi connectivity index (χ0v) is 13.6. The molecule has 0 bridgehead atoms. The van der Waals surface area contributed by atoms with Crippen LogP contribution < -0.4 is 19.7 Å². The van der Waals surface area contributed by atoms with Gasteiger partial charge in [0.2, 0.25) is 0 Å². The number of benzene rings is 2. The van der Waals surface area contributed by atoms with Crippen LogP contribution in [0.1, 0.15) is 17.3 Å². The van der Waals surface area contributed by atoms with Gasteiger partial charge in [-0.3, -0.25) is 0 Å². The van der Waals surface area contributed by atoms with E-state index >= 15 is 0 Å². The molecule has 2 aromatic carbocycles. The van der Waals surface area contributed by atoms with Gasteiger partial charge in [0.05, 0.1) is 26.2 Å². The topological polar surface area (TPSA) is 66.3 Å². The molecular formula is C18H19N3O3. The quantitative estimate of drug-likeness (QED) is 0.908.